The van der Waals surface area contributed by atoms with Gasteiger partial charge in [0.15, 0.2) is 0 Å². The van der Waals surface area contributed by atoms with Crippen LogP contribution in [0, 0.1) is 6.92 Å². The first-order chi connectivity index (χ1) is 9.54. The fourth-order valence-electron chi connectivity index (χ4n) is 1.81. The lowest BCUT2D eigenvalue weighted by atomic mass is 10.1. The molecule has 1 N–H and O–H groups in total. The van der Waals surface area contributed by atoms with Crippen molar-refractivity contribution in [2.45, 2.75) is 39.7 Å². The van der Waals surface area contributed by atoms with Crippen molar-refractivity contribution in [2.24, 2.45) is 0 Å². The summed E-state index contributed by atoms with van der Waals surface area (Å²) in [6, 6.07) is 8.04. The van der Waals surface area contributed by atoms with Crippen molar-refractivity contribution in [3.05, 3.63) is 51.5 Å². The Bertz CT molecular complexity index is 572. The average Bonchev–Trinajstić information content (AvgIpc) is 2.88. The summed E-state index contributed by atoms with van der Waals surface area (Å²) in [6.07, 6.45) is 0.418. The quantitative estimate of drug-likeness (QED) is 0.916. The van der Waals surface area contributed by atoms with Gasteiger partial charge in [-0.1, -0.05) is 43.7 Å². The fraction of sp³-hybridized carbons (Fsp3) is 0.375. The molecule has 0 saturated heterocycles. The number of nitrogens with zero attached hydrogens (tertiary/aromatic N) is 1. The molecule has 1 aromatic carbocycles. The van der Waals surface area contributed by atoms with Crippen LogP contribution >= 0.6 is 11.3 Å². The molecule has 0 aliphatic rings. The number of hydrogen-bond acceptors (Lipinski definition) is 3. The Kier molecular flexibility index (Phi) is 4.90. The number of aromatic nitrogens is 1. The second-order valence-electron chi connectivity index (χ2n) is 5.27. The number of amides is 1. The SMILES string of the molecule is Cc1ccc(CC(=O)NCc2csc(C(C)C)n2)cc1. The van der Waals surface area contributed by atoms with Crippen molar-refractivity contribution in [3.8, 4) is 0 Å². The van der Waals surface area contributed by atoms with E-state index >= 15 is 0 Å². The van der Waals surface area contributed by atoms with E-state index in [0.29, 0.717) is 18.9 Å². The highest BCUT2D eigenvalue weighted by molar-refractivity contribution is 7.09. The molecule has 0 atom stereocenters. The zero-order valence-corrected chi connectivity index (χ0v) is 13.0. The van der Waals surface area contributed by atoms with Crippen LogP contribution in [0.2, 0.25) is 0 Å². The van der Waals surface area contributed by atoms with Crippen LogP contribution in [0.3, 0.4) is 0 Å². The fourth-order valence-corrected chi connectivity index (χ4v) is 2.65. The zero-order valence-electron chi connectivity index (χ0n) is 12.1. The average molecular weight is 288 g/mol. The van der Waals surface area contributed by atoms with Gasteiger partial charge in [-0.3, -0.25) is 4.79 Å². The lowest BCUT2D eigenvalue weighted by Crippen LogP contribution is -2.24. The predicted molar refractivity (Wildman–Crippen MR) is 82.9 cm³/mol. The third kappa shape index (κ3) is 4.17. The maximum Gasteiger partial charge on any atom is 0.224 e. The van der Waals surface area contributed by atoms with Crippen molar-refractivity contribution in [2.75, 3.05) is 0 Å². The summed E-state index contributed by atoms with van der Waals surface area (Å²) in [5.74, 6) is 0.477. The van der Waals surface area contributed by atoms with E-state index in [1.54, 1.807) is 11.3 Å². The van der Waals surface area contributed by atoms with Gasteiger partial charge in [-0.25, -0.2) is 4.98 Å². The number of rotatable bonds is 5. The van der Waals surface area contributed by atoms with Crippen LogP contribution in [0.15, 0.2) is 29.6 Å². The van der Waals surface area contributed by atoms with Crippen LogP contribution in [0.25, 0.3) is 0 Å². The van der Waals surface area contributed by atoms with Crippen LogP contribution in [-0.4, -0.2) is 10.9 Å². The van der Waals surface area contributed by atoms with Crippen molar-refractivity contribution in [1.29, 1.82) is 0 Å². The van der Waals surface area contributed by atoms with E-state index < -0.39 is 0 Å². The van der Waals surface area contributed by atoms with Gasteiger partial charge >= 0.3 is 0 Å². The number of aryl methyl sites for hydroxylation is 1. The molecule has 2 aromatic rings. The lowest BCUT2D eigenvalue weighted by Gasteiger charge is -2.04. The number of benzene rings is 1. The maximum absolute atomic E-state index is 11.9. The van der Waals surface area contributed by atoms with E-state index in [4.69, 9.17) is 0 Å². The smallest absolute Gasteiger partial charge is 0.224 e. The Labute approximate surface area is 124 Å². The first-order valence-electron chi connectivity index (χ1n) is 6.81. The highest BCUT2D eigenvalue weighted by Crippen LogP contribution is 2.18. The molecule has 2 rings (SSSR count). The second-order valence-corrected chi connectivity index (χ2v) is 6.16. The van der Waals surface area contributed by atoms with Gasteiger partial charge in [-0.05, 0) is 12.5 Å². The molecule has 3 nitrogen and oxygen atoms in total. The largest absolute Gasteiger partial charge is 0.350 e. The molecule has 0 spiro atoms. The van der Waals surface area contributed by atoms with Gasteiger partial charge in [0, 0.05) is 11.3 Å². The van der Waals surface area contributed by atoms with Crippen LogP contribution in [0.1, 0.15) is 41.6 Å². The van der Waals surface area contributed by atoms with Crippen molar-refractivity contribution >= 4 is 17.2 Å². The molecule has 1 aromatic heterocycles. The summed E-state index contributed by atoms with van der Waals surface area (Å²) >= 11 is 1.65. The minimum Gasteiger partial charge on any atom is -0.350 e. The molecule has 1 heterocycles. The summed E-state index contributed by atoms with van der Waals surface area (Å²) in [5.41, 5.74) is 3.18. The van der Waals surface area contributed by atoms with E-state index in [0.717, 1.165) is 16.3 Å². The van der Waals surface area contributed by atoms with E-state index in [9.17, 15) is 4.79 Å². The Morgan fingerprint density at radius 1 is 1.30 bits per heavy atom. The summed E-state index contributed by atoms with van der Waals surface area (Å²) in [6.45, 7) is 6.80. The van der Waals surface area contributed by atoms with Gasteiger partial charge in [0.05, 0.1) is 23.7 Å². The normalized spacial score (nSPS) is 10.8. The van der Waals surface area contributed by atoms with Crippen LogP contribution in [0.5, 0.6) is 0 Å². The third-order valence-corrected chi connectivity index (χ3v) is 4.21. The van der Waals surface area contributed by atoms with E-state index in [1.165, 1.54) is 5.56 Å². The van der Waals surface area contributed by atoms with Crippen LogP contribution in [-0.2, 0) is 17.8 Å². The van der Waals surface area contributed by atoms with Gasteiger partial charge < -0.3 is 5.32 Å². The Morgan fingerprint density at radius 3 is 2.60 bits per heavy atom. The van der Waals surface area contributed by atoms with Crippen molar-refractivity contribution < 1.29 is 4.79 Å². The zero-order chi connectivity index (χ0) is 14.5. The molecule has 1 amide bonds. The molecule has 106 valence electrons. The summed E-state index contributed by atoms with van der Waals surface area (Å²) in [7, 11) is 0. The van der Waals surface area contributed by atoms with Gasteiger partial charge in [0.2, 0.25) is 5.91 Å². The molecule has 0 fully saturated rings. The molecule has 0 radical (unpaired) electrons. The number of carbonyl (C=O) groups excluding carboxylic acids is 1. The Balaban J connectivity index is 1.84. The highest BCUT2D eigenvalue weighted by Gasteiger charge is 2.07. The molecular weight excluding hydrogens is 268 g/mol. The number of hydrogen-bond donors (Lipinski definition) is 1. The van der Waals surface area contributed by atoms with Gasteiger partial charge in [0.1, 0.15) is 0 Å². The molecule has 0 aliphatic heterocycles. The lowest BCUT2D eigenvalue weighted by molar-refractivity contribution is -0.120. The summed E-state index contributed by atoms with van der Waals surface area (Å²) in [4.78, 5) is 16.4. The van der Waals surface area contributed by atoms with Gasteiger partial charge in [-0.2, -0.15) is 0 Å². The van der Waals surface area contributed by atoms with Crippen molar-refractivity contribution in [3.63, 3.8) is 0 Å². The molecule has 0 bridgehead atoms. The predicted octanol–water partition coefficient (Wildman–Crippen LogP) is 3.43. The minimum absolute atomic E-state index is 0.0351. The molecule has 4 heteroatoms. The van der Waals surface area contributed by atoms with E-state index in [-0.39, 0.29) is 5.91 Å². The molecule has 20 heavy (non-hydrogen) atoms. The first kappa shape index (κ1) is 14.7. The summed E-state index contributed by atoms with van der Waals surface area (Å²) < 4.78 is 0. The molecular formula is C16H20N2OS. The third-order valence-electron chi connectivity index (χ3n) is 3.02. The van der Waals surface area contributed by atoms with E-state index in [2.05, 4.69) is 24.1 Å². The molecule has 0 aliphatic carbocycles. The monoisotopic (exact) mass is 288 g/mol. The number of nitrogens with one attached hydrogen (secondary N) is 1. The van der Waals surface area contributed by atoms with Crippen molar-refractivity contribution in [1.82, 2.24) is 10.3 Å². The first-order valence-corrected chi connectivity index (χ1v) is 7.69. The molecule has 0 unspecified atom stereocenters. The maximum atomic E-state index is 11.9. The van der Waals surface area contributed by atoms with Crippen LogP contribution in [0.4, 0.5) is 0 Å². The standard InChI is InChI=1S/C16H20N2OS/c1-11(2)16-18-14(10-20-16)9-17-15(19)8-13-6-4-12(3)5-7-13/h4-7,10-11H,8-9H2,1-3H3,(H,17,19). The Morgan fingerprint density at radius 2 is 2.00 bits per heavy atom. The molecule has 0 saturated carbocycles. The van der Waals surface area contributed by atoms with Crippen LogP contribution < -0.4 is 5.32 Å². The number of carbonyl (C=O) groups is 1. The number of thiazole rings is 1. The summed E-state index contributed by atoms with van der Waals surface area (Å²) in [5, 5.41) is 6.05. The van der Waals surface area contributed by atoms with E-state index in [1.807, 2.05) is 36.6 Å². The Hall–Kier alpha value is -1.68. The minimum atomic E-state index is 0.0351. The van der Waals surface area contributed by atoms with Gasteiger partial charge in [-0.15, -0.1) is 11.3 Å². The topological polar surface area (TPSA) is 42.0 Å². The van der Waals surface area contributed by atoms with Gasteiger partial charge in [0.25, 0.3) is 0 Å². The highest BCUT2D eigenvalue weighted by atomic mass is 32.1. The second kappa shape index (κ2) is 6.66.